The van der Waals surface area contributed by atoms with Gasteiger partial charge in [0, 0.05) is 22.6 Å². The summed E-state index contributed by atoms with van der Waals surface area (Å²) in [5.74, 6) is -0.583. The Morgan fingerprint density at radius 2 is 1.90 bits per heavy atom. The number of aromatic nitrogens is 2. The molecule has 1 atom stereocenters. The van der Waals surface area contributed by atoms with Gasteiger partial charge in [0.05, 0.1) is 22.7 Å². The van der Waals surface area contributed by atoms with Crippen molar-refractivity contribution in [2.24, 2.45) is 0 Å². The van der Waals surface area contributed by atoms with Gasteiger partial charge in [0.1, 0.15) is 23.6 Å². The van der Waals surface area contributed by atoms with Crippen LogP contribution in [0.5, 0.6) is 5.75 Å². The minimum atomic E-state index is -0.898. The van der Waals surface area contributed by atoms with Crippen molar-refractivity contribution < 1.29 is 19.2 Å². The molecule has 0 saturated carbocycles. The first-order valence-corrected chi connectivity index (χ1v) is 10.8. The first kappa shape index (κ1) is 21.1. The molecule has 158 valence electrons. The normalized spacial score (nSPS) is 11.9. The van der Waals surface area contributed by atoms with Gasteiger partial charge in [-0.3, -0.25) is 4.79 Å². The molecule has 0 aliphatic heterocycles. The van der Waals surface area contributed by atoms with Crippen LogP contribution in [0.2, 0.25) is 5.02 Å². The molecule has 4 rings (SSSR count). The van der Waals surface area contributed by atoms with Crippen LogP contribution in [0.15, 0.2) is 65.4 Å². The molecule has 31 heavy (non-hydrogen) atoms. The Morgan fingerprint density at radius 3 is 2.55 bits per heavy atom. The van der Waals surface area contributed by atoms with Crippen molar-refractivity contribution >= 4 is 28.9 Å². The van der Waals surface area contributed by atoms with Gasteiger partial charge in [0.25, 0.3) is 0 Å². The van der Waals surface area contributed by atoms with Crippen LogP contribution < -0.4 is 4.74 Å². The smallest absolute Gasteiger partial charge is 0.304 e. The van der Waals surface area contributed by atoms with Crippen LogP contribution in [-0.2, 0) is 11.4 Å². The molecule has 2 aromatic carbocycles. The van der Waals surface area contributed by atoms with Crippen molar-refractivity contribution in [3.63, 3.8) is 0 Å². The van der Waals surface area contributed by atoms with Crippen molar-refractivity contribution in [3.05, 3.63) is 87.7 Å². The second-order valence-corrected chi connectivity index (χ2v) is 8.49. The molecule has 0 unspecified atom stereocenters. The summed E-state index contributed by atoms with van der Waals surface area (Å²) in [6.45, 7) is 2.37. The molecule has 2 heterocycles. The highest BCUT2D eigenvalue weighted by molar-refractivity contribution is 7.15. The first-order valence-electron chi connectivity index (χ1n) is 9.56. The molecule has 0 spiro atoms. The van der Waals surface area contributed by atoms with Gasteiger partial charge in [0.15, 0.2) is 0 Å². The Labute approximate surface area is 188 Å². The zero-order valence-electron chi connectivity index (χ0n) is 16.6. The van der Waals surface area contributed by atoms with Gasteiger partial charge < -0.3 is 14.4 Å². The van der Waals surface area contributed by atoms with E-state index in [2.05, 4.69) is 10.1 Å². The number of rotatable bonds is 8. The lowest BCUT2D eigenvalue weighted by Crippen LogP contribution is -2.08. The van der Waals surface area contributed by atoms with E-state index in [1.807, 2.05) is 55.5 Å². The summed E-state index contributed by atoms with van der Waals surface area (Å²) in [5, 5.41) is 14.8. The molecular weight excluding hydrogens is 436 g/mol. The van der Waals surface area contributed by atoms with Crippen LogP contribution in [0.25, 0.3) is 10.6 Å². The second kappa shape index (κ2) is 9.32. The van der Waals surface area contributed by atoms with Gasteiger partial charge in [-0.25, -0.2) is 4.98 Å². The number of nitrogens with zero attached hydrogens (tertiary/aromatic N) is 2. The third kappa shape index (κ3) is 5.13. The summed E-state index contributed by atoms with van der Waals surface area (Å²) in [6, 6.07) is 16.7. The topological polar surface area (TPSA) is 85.5 Å². The number of aryl methyl sites for hydroxylation is 1. The van der Waals surface area contributed by atoms with Crippen LogP contribution in [0.4, 0.5) is 0 Å². The number of ether oxygens (including phenoxy) is 1. The average molecular weight is 455 g/mol. The van der Waals surface area contributed by atoms with Gasteiger partial charge in [0.2, 0.25) is 0 Å². The predicted molar refractivity (Wildman–Crippen MR) is 119 cm³/mol. The summed E-state index contributed by atoms with van der Waals surface area (Å²) in [7, 11) is 0. The molecule has 0 fully saturated rings. The van der Waals surface area contributed by atoms with Crippen molar-refractivity contribution in [1.82, 2.24) is 10.1 Å². The summed E-state index contributed by atoms with van der Waals surface area (Å²) in [4.78, 5) is 16.9. The highest BCUT2D eigenvalue weighted by Crippen LogP contribution is 2.31. The summed E-state index contributed by atoms with van der Waals surface area (Å²) in [6.07, 6.45) is 1.37. The number of hydrogen-bond donors (Lipinski definition) is 1. The Hall–Kier alpha value is -3.16. The van der Waals surface area contributed by atoms with Gasteiger partial charge in [-0.05, 0) is 36.8 Å². The van der Waals surface area contributed by atoms with E-state index in [9.17, 15) is 9.90 Å². The maximum Gasteiger partial charge on any atom is 0.304 e. The first-order chi connectivity index (χ1) is 15.0. The largest absolute Gasteiger partial charge is 0.488 e. The van der Waals surface area contributed by atoms with E-state index in [0.29, 0.717) is 23.1 Å². The van der Waals surface area contributed by atoms with E-state index in [4.69, 9.17) is 20.9 Å². The molecule has 1 N–H and O–H groups in total. The highest BCUT2D eigenvalue weighted by atomic mass is 35.5. The molecular formula is C23H19ClN2O4S. The highest BCUT2D eigenvalue weighted by Gasteiger charge is 2.20. The van der Waals surface area contributed by atoms with Crippen LogP contribution in [0.1, 0.15) is 34.2 Å². The molecule has 2 aromatic heterocycles. The Morgan fingerprint density at radius 1 is 1.16 bits per heavy atom. The molecule has 6 nitrogen and oxygen atoms in total. The van der Waals surface area contributed by atoms with E-state index in [1.165, 1.54) is 6.26 Å². The van der Waals surface area contributed by atoms with Crippen LogP contribution in [0.3, 0.4) is 0 Å². The fourth-order valence-corrected chi connectivity index (χ4v) is 4.30. The maximum atomic E-state index is 11.3. The molecule has 0 amide bonds. The number of carbonyl (C=O) groups is 1. The number of hydrogen-bond acceptors (Lipinski definition) is 6. The van der Waals surface area contributed by atoms with Crippen molar-refractivity contribution in [1.29, 1.82) is 0 Å². The minimum absolute atomic E-state index is 0.0692. The third-order valence-electron chi connectivity index (χ3n) is 4.83. The summed E-state index contributed by atoms with van der Waals surface area (Å²) >= 11 is 7.55. The second-order valence-electron chi connectivity index (χ2n) is 6.97. The van der Waals surface area contributed by atoms with Gasteiger partial charge in [-0.1, -0.05) is 41.0 Å². The van der Waals surface area contributed by atoms with Gasteiger partial charge >= 0.3 is 5.97 Å². The fourth-order valence-electron chi connectivity index (χ4n) is 3.19. The summed E-state index contributed by atoms with van der Waals surface area (Å²) in [5.41, 5.74) is 3.37. The molecule has 0 saturated heterocycles. The van der Waals surface area contributed by atoms with Gasteiger partial charge in [-0.15, -0.1) is 11.3 Å². The molecule has 8 heteroatoms. The van der Waals surface area contributed by atoms with Crippen LogP contribution in [0, 0.1) is 6.92 Å². The van der Waals surface area contributed by atoms with Crippen molar-refractivity contribution in [2.45, 2.75) is 25.9 Å². The molecule has 4 aromatic rings. The van der Waals surface area contributed by atoms with Crippen molar-refractivity contribution in [2.75, 3.05) is 0 Å². The SMILES string of the molecule is Cc1nc(-c2ccc(Cl)cc2)sc1COc1ccc([C@H](CC(=O)O)c2ccon2)cc1. The van der Waals surface area contributed by atoms with Crippen molar-refractivity contribution in [3.8, 4) is 16.3 Å². The van der Waals surface area contributed by atoms with Crippen LogP contribution >= 0.6 is 22.9 Å². The van der Waals surface area contributed by atoms with E-state index in [0.717, 1.165) is 26.7 Å². The lowest BCUT2D eigenvalue weighted by atomic mass is 9.92. The lowest BCUT2D eigenvalue weighted by Gasteiger charge is -2.13. The zero-order valence-corrected chi connectivity index (χ0v) is 18.2. The standard InChI is InChI=1S/C23H19ClN2O4S/c1-14-21(31-23(25-14)16-2-6-17(24)7-3-16)13-29-18-8-4-15(5-9-18)19(12-22(27)28)20-10-11-30-26-20/h2-11,19H,12-13H2,1H3,(H,27,28)/t19-/m0/s1. The van der Waals surface area contributed by atoms with E-state index >= 15 is 0 Å². The fraction of sp³-hybridized carbons (Fsp3) is 0.174. The number of benzene rings is 2. The molecule has 0 aliphatic rings. The molecule has 0 radical (unpaired) electrons. The number of halogens is 1. The number of carboxylic acids is 1. The minimum Gasteiger partial charge on any atom is -0.488 e. The molecule has 0 aliphatic carbocycles. The van der Waals surface area contributed by atoms with Gasteiger partial charge in [-0.2, -0.15) is 0 Å². The van der Waals surface area contributed by atoms with E-state index in [-0.39, 0.29) is 12.3 Å². The Balaban J connectivity index is 1.45. The maximum absolute atomic E-state index is 11.3. The summed E-state index contributed by atoms with van der Waals surface area (Å²) < 4.78 is 10.8. The quantitative estimate of drug-likeness (QED) is 0.354. The van der Waals surface area contributed by atoms with E-state index < -0.39 is 5.97 Å². The molecule has 0 bridgehead atoms. The Bertz CT molecular complexity index is 1160. The predicted octanol–water partition coefficient (Wildman–Crippen LogP) is 5.95. The van der Waals surface area contributed by atoms with Crippen LogP contribution in [-0.4, -0.2) is 21.2 Å². The third-order valence-corrected chi connectivity index (χ3v) is 6.26. The monoisotopic (exact) mass is 454 g/mol. The number of thiazole rings is 1. The zero-order chi connectivity index (χ0) is 21.8. The number of aliphatic carboxylic acids is 1. The Kier molecular flexibility index (Phi) is 6.34. The number of carboxylic acid groups (broad SMARTS) is 1. The lowest BCUT2D eigenvalue weighted by molar-refractivity contribution is -0.137. The average Bonchev–Trinajstić information content (AvgIpc) is 3.41. The van der Waals surface area contributed by atoms with E-state index in [1.54, 1.807) is 17.4 Å².